The maximum atomic E-state index is 6.43. The Bertz CT molecular complexity index is 510. The number of benzene rings is 2. The van der Waals surface area contributed by atoms with Crippen LogP contribution in [0, 0.1) is 0 Å². The number of hydrogen-bond acceptors (Lipinski definition) is 1. The maximum absolute atomic E-state index is 6.43. The zero-order chi connectivity index (χ0) is 13.7. The molecule has 2 atom stereocenters. The lowest BCUT2D eigenvalue weighted by Crippen LogP contribution is -2.30. The molecule has 0 amide bonds. The van der Waals surface area contributed by atoms with E-state index in [0.29, 0.717) is 5.92 Å². The second-order valence-electron chi connectivity index (χ2n) is 4.92. The van der Waals surface area contributed by atoms with Crippen LogP contribution in [-0.4, -0.2) is 6.04 Å². The van der Waals surface area contributed by atoms with Crippen LogP contribution in [0.3, 0.4) is 0 Å². The molecule has 1 nitrogen and oxygen atoms in total. The van der Waals surface area contributed by atoms with E-state index in [1.807, 2.05) is 6.07 Å². The fourth-order valence-corrected chi connectivity index (χ4v) is 3.01. The Kier molecular flexibility index (Phi) is 5.17. The molecule has 2 aromatic carbocycles. The van der Waals surface area contributed by atoms with Gasteiger partial charge in [0.2, 0.25) is 0 Å². The lowest BCUT2D eigenvalue weighted by molar-refractivity contribution is 0.515. The minimum absolute atomic E-state index is 0.154. The Morgan fingerprint density at radius 1 is 1.05 bits per heavy atom. The van der Waals surface area contributed by atoms with Gasteiger partial charge in [-0.25, -0.2) is 0 Å². The first kappa shape index (κ1) is 14.3. The van der Waals surface area contributed by atoms with E-state index in [0.717, 1.165) is 17.3 Å². The first-order valence-electron chi connectivity index (χ1n) is 6.75. The molecule has 0 saturated carbocycles. The smallest absolute Gasteiger partial charge is 0.0178 e. The summed E-state index contributed by atoms with van der Waals surface area (Å²) >= 11 is 3.51. The van der Waals surface area contributed by atoms with Crippen molar-refractivity contribution in [2.45, 2.75) is 31.7 Å². The van der Waals surface area contributed by atoms with E-state index in [1.54, 1.807) is 0 Å². The Hall–Kier alpha value is -1.12. The fourth-order valence-electron chi connectivity index (χ4n) is 2.56. The molecular formula is C17H20BrN. The predicted octanol–water partition coefficient (Wildman–Crippen LogP) is 4.51. The molecule has 2 rings (SSSR count). The standard InChI is InChI=1S/C17H20BrN/c1-2-16(14-8-4-3-5-9-14)17(19)12-13-7-6-10-15(18)11-13/h3-11,16-17H,2,12,19H2,1H3. The first-order chi connectivity index (χ1) is 9.20. The second kappa shape index (κ2) is 6.88. The lowest BCUT2D eigenvalue weighted by atomic mass is 9.86. The molecule has 0 aliphatic carbocycles. The summed E-state index contributed by atoms with van der Waals surface area (Å²) < 4.78 is 1.12. The zero-order valence-corrected chi connectivity index (χ0v) is 12.8. The fraction of sp³-hybridized carbons (Fsp3) is 0.294. The molecule has 100 valence electrons. The quantitative estimate of drug-likeness (QED) is 0.862. The summed E-state index contributed by atoms with van der Waals surface area (Å²) in [6.45, 7) is 2.21. The highest BCUT2D eigenvalue weighted by Crippen LogP contribution is 2.24. The number of rotatable bonds is 5. The monoisotopic (exact) mass is 317 g/mol. The highest BCUT2D eigenvalue weighted by atomic mass is 79.9. The van der Waals surface area contributed by atoms with Crippen molar-refractivity contribution in [2.24, 2.45) is 5.73 Å². The Labute approximate surface area is 124 Å². The van der Waals surface area contributed by atoms with Crippen molar-refractivity contribution in [2.75, 3.05) is 0 Å². The molecule has 0 aromatic heterocycles. The second-order valence-corrected chi connectivity index (χ2v) is 5.84. The first-order valence-corrected chi connectivity index (χ1v) is 7.55. The van der Waals surface area contributed by atoms with E-state index in [9.17, 15) is 0 Å². The molecule has 2 unspecified atom stereocenters. The van der Waals surface area contributed by atoms with E-state index in [-0.39, 0.29) is 6.04 Å². The number of halogens is 1. The van der Waals surface area contributed by atoms with E-state index < -0.39 is 0 Å². The largest absolute Gasteiger partial charge is 0.327 e. The summed E-state index contributed by atoms with van der Waals surface area (Å²) in [5.74, 6) is 0.417. The minimum Gasteiger partial charge on any atom is -0.327 e. The predicted molar refractivity (Wildman–Crippen MR) is 85.3 cm³/mol. The highest BCUT2D eigenvalue weighted by Gasteiger charge is 2.18. The van der Waals surface area contributed by atoms with Crippen LogP contribution in [0.1, 0.15) is 30.4 Å². The van der Waals surface area contributed by atoms with Crippen LogP contribution in [0.5, 0.6) is 0 Å². The van der Waals surface area contributed by atoms with E-state index in [1.165, 1.54) is 11.1 Å². The van der Waals surface area contributed by atoms with Gasteiger partial charge in [0, 0.05) is 10.5 Å². The van der Waals surface area contributed by atoms with Crippen molar-refractivity contribution in [3.8, 4) is 0 Å². The molecule has 0 radical (unpaired) electrons. The van der Waals surface area contributed by atoms with Crippen LogP contribution in [-0.2, 0) is 6.42 Å². The van der Waals surface area contributed by atoms with Gasteiger partial charge in [-0.15, -0.1) is 0 Å². The minimum atomic E-state index is 0.154. The SMILES string of the molecule is CCC(c1ccccc1)C(N)Cc1cccc(Br)c1. The number of hydrogen-bond donors (Lipinski definition) is 1. The van der Waals surface area contributed by atoms with Crippen molar-refractivity contribution in [1.82, 2.24) is 0 Å². The third-order valence-corrected chi connectivity index (χ3v) is 4.04. The molecule has 0 bridgehead atoms. The maximum Gasteiger partial charge on any atom is 0.0178 e. The van der Waals surface area contributed by atoms with Gasteiger partial charge in [0.25, 0.3) is 0 Å². The molecule has 2 N–H and O–H groups in total. The van der Waals surface area contributed by atoms with Crippen LogP contribution in [0.25, 0.3) is 0 Å². The van der Waals surface area contributed by atoms with Gasteiger partial charge in [-0.2, -0.15) is 0 Å². The summed E-state index contributed by atoms with van der Waals surface area (Å²) in [5.41, 5.74) is 9.06. The molecule has 19 heavy (non-hydrogen) atoms. The van der Waals surface area contributed by atoms with Crippen LogP contribution >= 0.6 is 15.9 Å². The van der Waals surface area contributed by atoms with Crippen LogP contribution in [0.15, 0.2) is 59.1 Å². The lowest BCUT2D eigenvalue weighted by Gasteiger charge is -2.23. The molecular weight excluding hydrogens is 298 g/mol. The summed E-state index contributed by atoms with van der Waals surface area (Å²) in [6, 6.07) is 19.1. The van der Waals surface area contributed by atoms with E-state index >= 15 is 0 Å². The Balaban J connectivity index is 2.11. The van der Waals surface area contributed by atoms with Gasteiger partial charge in [0.15, 0.2) is 0 Å². The summed E-state index contributed by atoms with van der Waals surface area (Å²) in [6.07, 6.45) is 1.98. The van der Waals surface area contributed by atoms with Crippen molar-refractivity contribution >= 4 is 15.9 Å². The average Bonchev–Trinajstić information content (AvgIpc) is 2.41. The van der Waals surface area contributed by atoms with Gasteiger partial charge in [-0.3, -0.25) is 0 Å². The van der Waals surface area contributed by atoms with Crippen molar-refractivity contribution in [3.05, 3.63) is 70.2 Å². The molecule has 0 spiro atoms. The molecule has 0 aliphatic rings. The van der Waals surface area contributed by atoms with Crippen molar-refractivity contribution < 1.29 is 0 Å². The van der Waals surface area contributed by atoms with Gasteiger partial charge in [-0.05, 0) is 42.0 Å². The topological polar surface area (TPSA) is 26.0 Å². The van der Waals surface area contributed by atoms with Crippen molar-refractivity contribution in [3.63, 3.8) is 0 Å². The van der Waals surface area contributed by atoms with Gasteiger partial charge < -0.3 is 5.73 Å². The molecule has 0 aliphatic heterocycles. The third-order valence-electron chi connectivity index (χ3n) is 3.54. The van der Waals surface area contributed by atoms with Gasteiger partial charge in [0.1, 0.15) is 0 Å². The Morgan fingerprint density at radius 3 is 2.42 bits per heavy atom. The van der Waals surface area contributed by atoms with Crippen LogP contribution in [0.4, 0.5) is 0 Å². The van der Waals surface area contributed by atoms with Gasteiger partial charge >= 0.3 is 0 Å². The zero-order valence-electron chi connectivity index (χ0n) is 11.2. The summed E-state index contributed by atoms with van der Waals surface area (Å²) in [5, 5.41) is 0. The molecule has 0 heterocycles. The van der Waals surface area contributed by atoms with Crippen LogP contribution in [0.2, 0.25) is 0 Å². The number of nitrogens with two attached hydrogens (primary N) is 1. The molecule has 2 heteroatoms. The van der Waals surface area contributed by atoms with E-state index in [2.05, 4.69) is 71.4 Å². The average molecular weight is 318 g/mol. The molecule has 2 aromatic rings. The Morgan fingerprint density at radius 2 is 1.79 bits per heavy atom. The van der Waals surface area contributed by atoms with Crippen molar-refractivity contribution in [1.29, 1.82) is 0 Å². The summed E-state index contributed by atoms with van der Waals surface area (Å²) in [4.78, 5) is 0. The molecule has 0 fully saturated rings. The molecule has 0 saturated heterocycles. The highest BCUT2D eigenvalue weighted by molar-refractivity contribution is 9.10. The van der Waals surface area contributed by atoms with Gasteiger partial charge in [-0.1, -0.05) is 65.3 Å². The van der Waals surface area contributed by atoms with Gasteiger partial charge in [0.05, 0.1) is 0 Å². The normalized spacial score (nSPS) is 14.1. The summed E-state index contributed by atoms with van der Waals surface area (Å²) in [7, 11) is 0. The van der Waals surface area contributed by atoms with Crippen LogP contribution < -0.4 is 5.73 Å². The van der Waals surface area contributed by atoms with E-state index in [4.69, 9.17) is 5.73 Å². The third kappa shape index (κ3) is 3.92.